The molecule has 0 unspecified atom stereocenters. The Morgan fingerprint density at radius 3 is 2.62 bits per heavy atom. The second kappa shape index (κ2) is 7.28. The van der Waals surface area contributed by atoms with Gasteiger partial charge in [-0.25, -0.2) is 13.8 Å². The largest absolute Gasteiger partial charge is 0.348 e. The molecule has 0 saturated heterocycles. The van der Waals surface area contributed by atoms with E-state index in [1.54, 1.807) is 0 Å². The van der Waals surface area contributed by atoms with Crippen LogP contribution in [0.25, 0.3) is 11.0 Å². The van der Waals surface area contributed by atoms with Gasteiger partial charge in [-0.15, -0.1) is 0 Å². The molecule has 5 nitrogen and oxygen atoms in total. The number of amides is 1. The molecule has 1 aliphatic carbocycles. The fraction of sp³-hybridized carbons (Fsp3) is 0.318. The normalized spacial score (nSPS) is 16.1. The summed E-state index contributed by atoms with van der Waals surface area (Å²) in [6.45, 7) is 1.68. The predicted octanol–water partition coefficient (Wildman–Crippen LogP) is 4.14. The first-order chi connectivity index (χ1) is 13.9. The lowest BCUT2D eigenvalue weighted by Crippen LogP contribution is -2.32. The number of hydrogen-bond donors (Lipinski definition) is 1. The van der Waals surface area contributed by atoms with Gasteiger partial charge in [-0.1, -0.05) is 24.3 Å². The standard InChI is InChI=1S/C22H20F2N4O/c1-14(15-3-5-16(6-4-15)22(12-25)9-2-10-22)27-19(29)11-28-13-26-18-8-7-17(23)20(24)21(18)28/h3-8,13-14H,2,9-11H2,1H3,(H,27,29)/t14-/m1/s1. The molecule has 1 N–H and O–H groups in total. The zero-order valence-electron chi connectivity index (χ0n) is 16.0. The Labute approximate surface area is 167 Å². The molecule has 1 saturated carbocycles. The van der Waals surface area contributed by atoms with Crippen LogP contribution in [0.3, 0.4) is 0 Å². The maximum absolute atomic E-state index is 14.1. The van der Waals surface area contributed by atoms with Crippen molar-refractivity contribution in [1.82, 2.24) is 14.9 Å². The lowest BCUT2D eigenvalue weighted by atomic mass is 9.65. The van der Waals surface area contributed by atoms with E-state index in [4.69, 9.17) is 0 Å². The van der Waals surface area contributed by atoms with Crippen molar-refractivity contribution < 1.29 is 13.6 Å². The summed E-state index contributed by atoms with van der Waals surface area (Å²) in [5.74, 6) is -2.33. The molecule has 7 heteroatoms. The summed E-state index contributed by atoms with van der Waals surface area (Å²) in [5, 5.41) is 12.3. The second-order valence-electron chi connectivity index (χ2n) is 7.56. The summed E-state index contributed by atoms with van der Waals surface area (Å²) in [5.41, 5.74) is 1.81. The zero-order valence-corrected chi connectivity index (χ0v) is 16.0. The molecule has 1 aromatic heterocycles. The number of carbonyl (C=O) groups excluding carboxylic acids is 1. The second-order valence-corrected chi connectivity index (χ2v) is 7.56. The number of rotatable bonds is 5. The number of nitrogens with one attached hydrogen (secondary N) is 1. The van der Waals surface area contributed by atoms with Crippen LogP contribution >= 0.6 is 0 Å². The highest BCUT2D eigenvalue weighted by molar-refractivity contribution is 5.81. The van der Waals surface area contributed by atoms with Crippen molar-refractivity contribution in [2.45, 2.75) is 44.2 Å². The number of imidazole rings is 1. The van der Waals surface area contributed by atoms with Crippen LogP contribution in [0.4, 0.5) is 8.78 Å². The van der Waals surface area contributed by atoms with E-state index >= 15 is 0 Å². The number of halogens is 2. The highest BCUT2D eigenvalue weighted by Gasteiger charge is 2.38. The molecule has 148 valence electrons. The first-order valence-corrected chi connectivity index (χ1v) is 9.53. The number of benzene rings is 2. The van der Waals surface area contributed by atoms with Gasteiger partial charge in [0.05, 0.1) is 29.4 Å². The molecular formula is C22H20F2N4O. The van der Waals surface area contributed by atoms with Crippen LogP contribution in [0.15, 0.2) is 42.7 Å². The van der Waals surface area contributed by atoms with Crippen LogP contribution in [-0.2, 0) is 16.8 Å². The number of nitrogens with zero attached hydrogens (tertiary/aromatic N) is 3. The van der Waals surface area contributed by atoms with Crippen LogP contribution in [0, 0.1) is 23.0 Å². The molecule has 4 rings (SSSR count). The van der Waals surface area contributed by atoms with Crippen molar-refractivity contribution in [3.05, 3.63) is 65.5 Å². The highest BCUT2D eigenvalue weighted by Crippen LogP contribution is 2.43. The Morgan fingerprint density at radius 2 is 2.00 bits per heavy atom. The number of fused-ring (bicyclic) bond motifs is 1. The summed E-state index contributed by atoms with van der Waals surface area (Å²) in [6.07, 6.45) is 4.15. The van der Waals surface area contributed by atoms with Crippen LogP contribution in [-0.4, -0.2) is 15.5 Å². The molecule has 0 radical (unpaired) electrons. The van der Waals surface area contributed by atoms with Gasteiger partial charge < -0.3 is 9.88 Å². The minimum Gasteiger partial charge on any atom is -0.348 e. The third kappa shape index (κ3) is 3.35. The molecule has 1 amide bonds. The molecule has 0 spiro atoms. The van der Waals surface area contributed by atoms with E-state index in [9.17, 15) is 18.8 Å². The van der Waals surface area contributed by atoms with E-state index in [-0.39, 0.29) is 29.4 Å². The smallest absolute Gasteiger partial charge is 0.240 e. The Balaban J connectivity index is 1.45. The number of carbonyl (C=O) groups is 1. The first kappa shape index (κ1) is 19.1. The third-order valence-electron chi connectivity index (χ3n) is 5.75. The molecule has 1 aliphatic rings. The molecule has 0 aliphatic heterocycles. The topological polar surface area (TPSA) is 70.7 Å². The maximum atomic E-state index is 14.1. The Bertz CT molecular complexity index is 1110. The molecule has 1 heterocycles. The lowest BCUT2D eigenvalue weighted by molar-refractivity contribution is -0.122. The van der Waals surface area contributed by atoms with Gasteiger partial charge in [0, 0.05) is 0 Å². The van der Waals surface area contributed by atoms with Gasteiger partial charge in [-0.3, -0.25) is 4.79 Å². The Hall–Kier alpha value is -3.27. The van der Waals surface area contributed by atoms with Crippen molar-refractivity contribution in [2.24, 2.45) is 0 Å². The molecule has 29 heavy (non-hydrogen) atoms. The van der Waals surface area contributed by atoms with Gasteiger partial charge in [0.2, 0.25) is 5.91 Å². The average molecular weight is 394 g/mol. The van der Waals surface area contributed by atoms with Crippen LogP contribution in [0.1, 0.15) is 43.4 Å². The van der Waals surface area contributed by atoms with Gasteiger partial charge in [0.15, 0.2) is 11.6 Å². The van der Waals surface area contributed by atoms with Crippen molar-refractivity contribution in [2.75, 3.05) is 0 Å². The molecule has 0 bridgehead atoms. The van der Waals surface area contributed by atoms with Gasteiger partial charge in [-0.05, 0) is 49.4 Å². The summed E-state index contributed by atoms with van der Waals surface area (Å²) in [4.78, 5) is 16.5. The SMILES string of the molecule is C[C@@H](NC(=O)Cn1cnc2ccc(F)c(F)c21)c1ccc(C2(C#N)CCC2)cc1. The predicted molar refractivity (Wildman–Crippen MR) is 104 cm³/mol. The van der Waals surface area contributed by atoms with Gasteiger partial charge >= 0.3 is 0 Å². The van der Waals surface area contributed by atoms with E-state index in [0.29, 0.717) is 5.52 Å². The molecular weight excluding hydrogens is 374 g/mol. The van der Waals surface area contributed by atoms with Gasteiger partial charge in [0.1, 0.15) is 12.1 Å². The monoisotopic (exact) mass is 394 g/mol. The van der Waals surface area contributed by atoms with E-state index in [1.807, 2.05) is 31.2 Å². The Morgan fingerprint density at radius 1 is 1.28 bits per heavy atom. The molecule has 2 aromatic carbocycles. The first-order valence-electron chi connectivity index (χ1n) is 9.53. The quantitative estimate of drug-likeness (QED) is 0.707. The van der Waals surface area contributed by atoms with Crippen LogP contribution < -0.4 is 5.32 Å². The zero-order chi connectivity index (χ0) is 20.6. The van der Waals surface area contributed by atoms with Crippen molar-refractivity contribution >= 4 is 16.9 Å². The molecule has 3 aromatic rings. The average Bonchev–Trinajstić information content (AvgIpc) is 3.08. The van der Waals surface area contributed by atoms with Crippen molar-refractivity contribution in [1.29, 1.82) is 5.26 Å². The van der Waals surface area contributed by atoms with Gasteiger partial charge in [0.25, 0.3) is 0 Å². The number of hydrogen-bond acceptors (Lipinski definition) is 3. The van der Waals surface area contributed by atoms with Gasteiger partial charge in [-0.2, -0.15) is 5.26 Å². The van der Waals surface area contributed by atoms with E-state index in [2.05, 4.69) is 16.4 Å². The molecule has 1 atom stereocenters. The van der Waals surface area contributed by atoms with E-state index in [0.717, 1.165) is 36.5 Å². The lowest BCUT2D eigenvalue weighted by Gasteiger charge is -2.35. The van der Waals surface area contributed by atoms with E-state index in [1.165, 1.54) is 17.0 Å². The van der Waals surface area contributed by atoms with Crippen molar-refractivity contribution in [3.8, 4) is 6.07 Å². The summed E-state index contributed by atoms with van der Waals surface area (Å²) in [6, 6.07) is 12.3. The molecule has 1 fully saturated rings. The third-order valence-corrected chi connectivity index (χ3v) is 5.75. The minimum absolute atomic E-state index is 0.0283. The maximum Gasteiger partial charge on any atom is 0.240 e. The van der Waals surface area contributed by atoms with Crippen LogP contribution in [0.2, 0.25) is 0 Å². The highest BCUT2D eigenvalue weighted by atomic mass is 19.2. The fourth-order valence-electron chi connectivity index (χ4n) is 3.83. The van der Waals surface area contributed by atoms with Crippen LogP contribution in [0.5, 0.6) is 0 Å². The number of aromatic nitrogens is 2. The van der Waals surface area contributed by atoms with Crippen molar-refractivity contribution in [3.63, 3.8) is 0 Å². The summed E-state index contributed by atoms with van der Waals surface area (Å²) >= 11 is 0. The van der Waals surface area contributed by atoms with E-state index < -0.39 is 11.6 Å². The summed E-state index contributed by atoms with van der Waals surface area (Å²) < 4.78 is 28.9. The minimum atomic E-state index is -1.01. The number of nitriles is 1. The Kier molecular flexibility index (Phi) is 4.79. The fourth-order valence-corrected chi connectivity index (χ4v) is 3.83. The summed E-state index contributed by atoms with van der Waals surface area (Å²) in [7, 11) is 0.